The summed E-state index contributed by atoms with van der Waals surface area (Å²) in [7, 11) is 0. The Morgan fingerprint density at radius 3 is 2.55 bits per heavy atom. The van der Waals surface area contributed by atoms with Crippen molar-refractivity contribution in [3.63, 3.8) is 0 Å². The van der Waals surface area contributed by atoms with Crippen molar-refractivity contribution in [2.75, 3.05) is 19.0 Å². The molecule has 1 atom stereocenters. The molecule has 0 radical (unpaired) electrons. The largest absolute Gasteiger partial charge is 0.494 e. The number of rotatable bonds is 7. The van der Waals surface area contributed by atoms with Crippen LogP contribution in [0, 0.1) is 6.92 Å². The highest BCUT2D eigenvalue weighted by Crippen LogP contribution is 2.30. The van der Waals surface area contributed by atoms with Gasteiger partial charge in [-0.1, -0.05) is 41.6 Å². The maximum absolute atomic E-state index is 5.90. The number of aromatic nitrogens is 3. The molecular formula is C23H27N3O2S. The van der Waals surface area contributed by atoms with Crippen LogP contribution in [0.3, 0.4) is 0 Å². The summed E-state index contributed by atoms with van der Waals surface area (Å²) < 4.78 is 13.6. The van der Waals surface area contributed by atoms with Gasteiger partial charge >= 0.3 is 0 Å². The third-order valence-electron chi connectivity index (χ3n) is 5.02. The van der Waals surface area contributed by atoms with Crippen LogP contribution in [-0.2, 0) is 4.74 Å². The number of hydrogen-bond donors (Lipinski definition) is 0. The van der Waals surface area contributed by atoms with Crippen molar-refractivity contribution < 1.29 is 9.47 Å². The first-order chi connectivity index (χ1) is 14.2. The average molecular weight is 410 g/mol. The zero-order valence-electron chi connectivity index (χ0n) is 17.0. The van der Waals surface area contributed by atoms with E-state index in [0.29, 0.717) is 12.7 Å². The van der Waals surface area contributed by atoms with Crippen LogP contribution in [0.2, 0.25) is 0 Å². The summed E-state index contributed by atoms with van der Waals surface area (Å²) in [6.45, 7) is 5.60. The van der Waals surface area contributed by atoms with Crippen LogP contribution in [0.15, 0.2) is 53.7 Å². The van der Waals surface area contributed by atoms with Gasteiger partial charge in [0.15, 0.2) is 11.0 Å². The summed E-state index contributed by atoms with van der Waals surface area (Å²) in [5, 5.41) is 9.95. The predicted octanol–water partition coefficient (Wildman–Crippen LogP) is 5.30. The number of aryl methyl sites for hydroxylation is 1. The molecular weight excluding hydrogens is 382 g/mol. The van der Waals surface area contributed by atoms with E-state index in [2.05, 4.69) is 58.1 Å². The first kappa shape index (κ1) is 20.0. The van der Waals surface area contributed by atoms with Crippen LogP contribution in [-0.4, -0.2) is 39.8 Å². The van der Waals surface area contributed by atoms with Gasteiger partial charge in [-0.25, -0.2) is 0 Å². The quantitative estimate of drug-likeness (QED) is 0.496. The van der Waals surface area contributed by atoms with Crippen LogP contribution >= 0.6 is 11.8 Å². The maximum atomic E-state index is 5.90. The molecule has 1 aliphatic heterocycles. The van der Waals surface area contributed by atoms with E-state index in [1.54, 1.807) is 11.8 Å². The lowest BCUT2D eigenvalue weighted by Gasteiger charge is -2.22. The van der Waals surface area contributed by atoms with Crippen molar-refractivity contribution in [1.82, 2.24) is 14.8 Å². The van der Waals surface area contributed by atoms with Gasteiger partial charge in [-0.05, 0) is 57.4 Å². The van der Waals surface area contributed by atoms with E-state index < -0.39 is 0 Å². The fourth-order valence-corrected chi connectivity index (χ4v) is 4.47. The molecule has 4 rings (SSSR count). The maximum Gasteiger partial charge on any atom is 0.196 e. The van der Waals surface area contributed by atoms with Gasteiger partial charge in [0.2, 0.25) is 0 Å². The topological polar surface area (TPSA) is 49.2 Å². The summed E-state index contributed by atoms with van der Waals surface area (Å²) in [5.41, 5.74) is 3.31. The number of nitrogens with zero attached hydrogens (tertiary/aromatic N) is 3. The molecule has 1 aromatic heterocycles. The van der Waals surface area contributed by atoms with Crippen molar-refractivity contribution in [2.24, 2.45) is 0 Å². The molecule has 0 spiro atoms. The average Bonchev–Trinajstić information content (AvgIpc) is 3.18. The van der Waals surface area contributed by atoms with Crippen molar-refractivity contribution in [1.29, 1.82) is 0 Å². The van der Waals surface area contributed by atoms with Gasteiger partial charge in [0, 0.05) is 23.6 Å². The number of thioether (sulfide) groups is 1. The molecule has 5 nitrogen and oxygen atoms in total. The Morgan fingerprint density at radius 2 is 1.86 bits per heavy atom. The van der Waals surface area contributed by atoms with Crippen LogP contribution in [0.1, 0.15) is 31.7 Å². The number of hydrogen-bond acceptors (Lipinski definition) is 5. The minimum absolute atomic E-state index is 0.294. The van der Waals surface area contributed by atoms with E-state index in [-0.39, 0.29) is 0 Å². The first-order valence-corrected chi connectivity index (χ1v) is 11.2. The summed E-state index contributed by atoms with van der Waals surface area (Å²) in [6.07, 6.45) is 3.82. The molecule has 1 aliphatic rings. The van der Waals surface area contributed by atoms with Gasteiger partial charge in [0.05, 0.1) is 12.7 Å². The monoisotopic (exact) mass is 409 g/mol. The second kappa shape index (κ2) is 9.46. The predicted molar refractivity (Wildman–Crippen MR) is 117 cm³/mol. The first-order valence-electron chi connectivity index (χ1n) is 10.2. The normalized spacial score (nSPS) is 16.7. The van der Waals surface area contributed by atoms with Crippen molar-refractivity contribution in [2.45, 2.75) is 44.4 Å². The van der Waals surface area contributed by atoms with E-state index in [0.717, 1.165) is 46.8 Å². The summed E-state index contributed by atoms with van der Waals surface area (Å²) >= 11 is 1.71. The number of benzene rings is 2. The minimum atomic E-state index is 0.294. The van der Waals surface area contributed by atoms with Crippen LogP contribution < -0.4 is 4.74 Å². The van der Waals surface area contributed by atoms with E-state index in [9.17, 15) is 0 Å². The Morgan fingerprint density at radius 1 is 1.07 bits per heavy atom. The fourth-order valence-electron chi connectivity index (χ4n) is 3.45. The molecule has 0 bridgehead atoms. The molecule has 0 amide bonds. The SMILES string of the molecule is CCOc1ccc(-n2c(SC[C@H]3CCCCO3)nnc2-c2ccc(C)cc2)cc1. The summed E-state index contributed by atoms with van der Waals surface area (Å²) in [5.74, 6) is 2.61. The third kappa shape index (κ3) is 4.82. The molecule has 152 valence electrons. The van der Waals surface area contributed by atoms with Crippen LogP contribution in [0.4, 0.5) is 0 Å². The smallest absolute Gasteiger partial charge is 0.196 e. The standard InChI is InChI=1S/C23H27N3O2S/c1-3-27-20-13-11-19(12-14-20)26-22(18-9-7-17(2)8-10-18)24-25-23(26)29-16-21-6-4-5-15-28-21/h7-14,21H,3-6,15-16H2,1-2H3/t21-/m1/s1. The molecule has 1 saturated heterocycles. The van der Waals surface area contributed by atoms with Gasteiger partial charge in [0.1, 0.15) is 5.75 Å². The third-order valence-corrected chi connectivity index (χ3v) is 6.08. The molecule has 2 aromatic carbocycles. The van der Waals surface area contributed by atoms with Crippen molar-refractivity contribution in [3.05, 3.63) is 54.1 Å². The second-order valence-corrected chi connectivity index (χ2v) is 8.22. The van der Waals surface area contributed by atoms with Crippen LogP contribution in [0.25, 0.3) is 17.1 Å². The highest BCUT2D eigenvalue weighted by Gasteiger charge is 2.19. The molecule has 0 saturated carbocycles. The van der Waals surface area contributed by atoms with Crippen LogP contribution in [0.5, 0.6) is 5.75 Å². The van der Waals surface area contributed by atoms with E-state index in [1.165, 1.54) is 18.4 Å². The minimum Gasteiger partial charge on any atom is -0.494 e. The molecule has 2 heterocycles. The van der Waals surface area contributed by atoms with Gasteiger partial charge < -0.3 is 9.47 Å². The summed E-state index contributed by atoms with van der Waals surface area (Å²) in [6, 6.07) is 16.5. The highest BCUT2D eigenvalue weighted by atomic mass is 32.2. The van der Waals surface area contributed by atoms with Gasteiger partial charge in [-0.15, -0.1) is 10.2 Å². The molecule has 0 unspecified atom stereocenters. The Hall–Kier alpha value is -2.31. The lowest BCUT2D eigenvalue weighted by atomic mass is 10.1. The van der Waals surface area contributed by atoms with Gasteiger partial charge in [0.25, 0.3) is 0 Å². The molecule has 0 aliphatic carbocycles. The molecule has 1 fully saturated rings. The van der Waals surface area contributed by atoms with E-state index in [1.807, 2.05) is 19.1 Å². The van der Waals surface area contributed by atoms with E-state index in [4.69, 9.17) is 9.47 Å². The summed E-state index contributed by atoms with van der Waals surface area (Å²) in [4.78, 5) is 0. The second-order valence-electron chi connectivity index (χ2n) is 7.23. The lowest BCUT2D eigenvalue weighted by molar-refractivity contribution is 0.0315. The van der Waals surface area contributed by atoms with Crippen molar-refractivity contribution >= 4 is 11.8 Å². The number of ether oxygens (including phenoxy) is 2. The Bertz CT molecular complexity index is 916. The fraction of sp³-hybridized carbons (Fsp3) is 0.391. The van der Waals surface area contributed by atoms with Crippen molar-refractivity contribution in [3.8, 4) is 22.8 Å². The zero-order chi connectivity index (χ0) is 20.1. The molecule has 29 heavy (non-hydrogen) atoms. The van der Waals surface area contributed by atoms with E-state index >= 15 is 0 Å². The lowest BCUT2D eigenvalue weighted by Crippen LogP contribution is -2.21. The molecule has 0 N–H and O–H groups in total. The Kier molecular flexibility index (Phi) is 6.52. The van der Waals surface area contributed by atoms with Gasteiger partial charge in [-0.2, -0.15) is 0 Å². The van der Waals surface area contributed by atoms with Gasteiger partial charge in [-0.3, -0.25) is 4.57 Å². The zero-order valence-corrected chi connectivity index (χ0v) is 17.8. The highest BCUT2D eigenvalue weighted by molar-refractivity contribution is 7.99. The Labute approximate surface area is 176 Å². The molecule has 6 heteroatoms. The molecule has 3 aromatic rings. The Balaban J connectivity index is 1.66.